The highest BCUT2D eigenvalue weighted by molar-refractivity contribution is 6.02. The highest BCUT2D eigenvalue weighted by Crippen LogP contribution is 2.18. The fourth-order valence-corrected chi connectivity index (χ4v) is 2.79. The number of rotatable bonds is 9. The van der Waals surface area contributed by atoms with E-state index in [0.717, 1.165) is 12.1 Å². The Morgan fingerprint density at radius 3 is 2.47 bits per heavy atom. The molecule has 0 spiro atoms. The maximum atomic E-state index is 12.1. The number of nitrogens with one attached hydrogen (secondary N) is 2. The molecule has 156 valence electrons. The molecule has 7 nitrogen and oxygen atoms in total. The minimum atomic E-state index is -0.355. The van der Waals surface area contributed by atoms with E-state index in [2.05, 4.69) is 27.7 Å². The second kappa shape index (κ2) is 10.3. The molecular weight excluding hydrogens is 382 g/mol. The van der Waals surface area contributed by atoms with Crippen LogP contribution in [-0.4, -0.2) is 37.4 Å². The Morgan fingerprint density at radius 1 is 1.00 bits per heavy atom. The van der Waals surface area contributed by atoms with Crippen LogP contribution in [0.2, 0.25) is 0 Å². The molecule has 0 atom stereocenters. The van der Waals surface area contributed by atoms with Gasteiger partial charge in [-0.25, -0.2) is 0 Å². The van der Waals surface area contributed by atoms with Gasteiger partial charge in [0.25, 0.3) is 11.8 Å². The lowest BCUT2D eigenvalue weighted by Gasteiger charge is -2.11. The van der Waals surface area contributed by atoms with E-state index in [4.69, 9.17) is 9.15 Å². The van der Waals surface area contributed by atoms with Crippen LogP contribution in [0.25, 0.3) is 0 Å². The van der Waals surface area contributed by atoms with Crippen LogP contribution in [0.1, 0.15) is 21.7 Å². The van der Waals surface area contributed by atoms with Crippen LogP contribution >= 0.6 is 0 Å². The Hall–Kier alpha value is -3.58. The Morgan fingerprint density at radius 2 is 1.77 bits per heavy atom. The third-order valence-electron chi connectivity index (χ3n) is 4.22. The molecular formula is C23H25N3O4. The van der Waals surface area contributed by atoms with Crippen molar-refractivity contribution in [1.82, 2.24) is 10.2 Å². The van der Waals surface area contributed by atoms with E-state index >= 15 is 0 Å². The van der Waals surface area contributed by atoms with Gasteiger partial charge in [-0.15, -0.1) is 0 Å². The van der Waals surface area contributed by atoms with E-state index in [9.17, 15) is 9.59 Å². The van der Waals surface area contributed by atoms with E-state index < -0.39 is 0 Å². The Kier molecular flexibility index (Phi) is 7.24. The molecule has 3 rings (SSSR count). The van der Waals surface area contributed by atoms with Crippen molar-refractivity contribution in [3.8, 4) is 5.75 Å². The summed E-state index contributed by atoms with van der Waals surface area (Å²) >= 11 is 0. The molecule has 0 aliphatic heterocycles. The van der Waals surface area contributed by atoms with Gasteiger partial charge in [0, 0.05) is 24.8 Å². The van der Waals surface area contributed by atoms with Crippen molar-refractivity contribution in [3.63, 3.8) is 0 Å². The lowest BCUT2D eigenvalue weighted by Crippen LogP contribution is -2.28. The van der Waals surface area contributed by atoms with Crippen LogP contribution in [-0.2, 0) is 17.9 Å². The van der Waals surface area contributed by atoms with Crippen LogP contribution in [0, 0.1) is 0 Å². The van der Waals surface area contributed by atoms with Crippen molar-refractivity contribution in [2.75, 3.05) is 26.0 Å². The van der Waals surface area contributed by atoms with Crippen molar-refractivity contribution in [2.45, 2.75) is 13.1 Å². The molecule has 30 heavy (non-hydrogen) atoms. The van der Waals surface area contributed by atoms with Crippen LogP contribution in [0.15, 0.2) is 71.3 Å². The molecule has 2 N–H and O–H groups in total. The molecule has 0 radical (unpaired) electrons. The molecule has 2 amide bonds. The third-order valence-corrected chi connectivity index (χ3v) is 4.22. The lowest BCUT2D eigenvalue weighted by molar-refractivity contribution is -0.123. The summed E-state index contributed by atoms with van der Waals surface area (Å²) in [6.07, 6.45) is 1.44. The van der Waals surface area contributed by atoms with Crippen LogP contribution in [0.5, 0.6) is 5.75 Å². The fraction of sp³-hybridized carbons (Fsp3) is 0.217. The van der Waals surface area contributed by atoms with E-state index in [0.29, 0.717) is 18.0 Å². The van der Waals surface area contributed by atoms with Gasteiger partial charge in [0.15, 0.2) is 12.4 Å². The normalized spacial score (nSPS) is 10.6. The van der Waals surface area contributed by atoms with Gasteiger partial charge in [0.05, 0.1) is 6.26 Å². The van der Waals surface area contributed by atoms with E-state index in [1.54, 1.807) is 36.4 Å². The average molecular weight is 407 g/mol. The average Bonchev–Trinajstić information content (AvgIpc) is 3.27. The number of amides is 2. The van der Waals surface area contributed by atoms with Crippen molar-refractivity contribution >= 4 is 17.5 Å². The first-order valence-electron chi connectivity index (χ1n) is 9.56. The zero-order valence-corrected chi connectivity index (χ0v) is 17.1. The summed E-state index contributed by atoms with van der Waals surface area (Å²) in [5.74, 6) is 0.120. The van der Waals surface area contributed by atoms with E-state index in [-0.39, 0.29) is 24.2 Å². The van der Waals surface area contributed by atoms with Gasteiger partial charge >= 0.3 is 0 Å². The monoisotopic (exact) mass is 407 g/mol. The minimum absolute atomic E-state index is 0.117. The standard InChI is InChI=1S/C23H25N3O4/c1-26(2)15-18-10-8-17(9-11-18)14-24-22(27)16-30-20-6-3-5-19(13-20)25-23(28)21-7-4-12-29-21/h3-13H,14-16H2,1-2H3,(H,24,27)(H,25,28). The zero-order chi connectivity index (χ0) is 21.3. The van der Waals surface area contributed by atoms with Crippen LogP contribution in [0.3, 0.4) is 0 Å². The fourth-order valence-electron chi connectivity index (χ4n) is 2.79. The van der Waals surface area contributed by atoms with Crippen molar-refractivity contribution < 1.29 is 18.7 Å². The minimum Gasteiger partial charge on any atom is -0.484 e. The molecule has 0 fully saturated rings. The molecule has 3 aromatic rings. The molecule has 0 unspecified atom stereocenters. The molecule has 0 saturated carbocycles. The van der Waals surface area contributed by atoms with Crippen LogP contribution < -0.4 is 15.4 Å². The maximum Gasteiger partial charge on any atom is 0.291 e. The van der Waals surface area contributed by atoms with Gasteiger partial charge in [0.1, 0.15) is 5.75 Å². The number of nitrogens with zero attached hydrogens (tertiary/aromatic N) is 1. The number of furan rings is 1. The third kappa shape index (κ3) is 6.49. The number of hydrogen-bond acceptors (Lipinski definition) is 5. The number of carbonyl (C=O) groups is 2. The number of carbonyl (C=O) groups excluding carboxylic acids is 2. The van der Waals surface area contributed by atoms with Gasteiger partial charge < -0.3 is 24.7 Å². The van der Waals surface area contributed by atoms with E-state index in [1.165, 1.54) is 11.8 Å². The Balaban J connectivity index is 1.45. The second-order valence-corrected chi connectivity index (χ2v) is 7.08. The molecule has 7 heteroatoms. The van der Waals surface area contributed by atoms with Crippen molar-refractivity contribution in [1.29, 1.82) is 0 Å². The molecule has 0 saturated heterocycles. The van der Waals surface area contributed by atoms with Gasteiger partial charge in [-0.1, -0.05) is 30.3 Å². The predicted octanol–water partition coefficient (Wildman–Crippen LogP) is 3.29. The summed E-state index contributed by atoms with van der Waals surface area (Å²) in [5, 5.41) is 5.56. The molecule has 0 aliphatic carbocycles. The first kappa shape index (κ1) is 21.1. The highest BCUT2D eigenvalue weighted by atomic mass is 16.5. The van der Waals surface area contributed by atoms with Crippen molar-refractivity contribution in [2.24, 2.45) is 0 Å². The zero-order valence-electron chi connectivity index (χ0n) is 17.1. The number of anilines is 1. The quantitative estimate of drug-likeness (QED) is 0.569. The van der Waals surface area contributed by atoms with Gasteiger partial charge in [-0.2, -0.15) is 0 Å². The highest BCUT2D eigenvalue weighted by Gasteiger charge is 2.09. The van der Waals surface area contributed by atoms with Gasteiger partial charge in [-0.05, 0) is 49.5 Å². The summed E-state index contributed by atoms with van der Waals surface area (Å²) in [6, 6.07) is 18.2. The summed E-state index contributed by atoms with van der Waals surface area (Å²) in [4.78, 5) is 26.2. The van der Waals surface area contributed by atoms with Crippen molar-refractivity contribution in [3.05, 3.63) is 83.8 Å². The number of benzene rings is 2. The van der Waals surface area contributed by atoms with Gasteiger partial charge in [0.2, 0.25) is 0 Å². The lowest BCUT2D eigenvalue weighted by atomic mass is 10.1. The first-order chi connectivity index (χ1) is 14.5. The SMILES string of the molecule is CN(C)Cc1ccc(CNC(=O)COc2cccc(NC(=O)c3ccco3)c2)cc1. The summed E-state index contributed by atoms with van der Waals surface area (Å²) in [7, 11) is 4.05. The largest absolute Gasteiger partial charge is 0.484 e. The maximum absolute atomic E-state index is 12.1. The number of hydrogen-bond donors (Lipinski definition) is 2. The molecule has 1 heterocycles. The summed E-state index contributed by atoms with van der Waals surface area (Å²) in [5.41, 5.74) is 2.79. The first-order valence-corrected chi connectivity index (χ1v) is 9.56. The molecule has 1 aromatic heterocycles. The molecule has 2 aromatic carbocycles. The summed E-state index contributed by atoms with van der Waals surface area (Å²) in [6.45, 7) is 1.19. The smallest absolute Gasteiger partial charge is 0.291 e. The molecule has 0 aliphatic rings. The Bertz CT molecular complexity index is 966. The van der Waals surface area contributed by atoms with Gasteiger partial charge in [-0.3, -0.25) is 9.59 Å². The molecule has 0 bridgehead atoms. The Labute approximate surface area is 175 Å². The van der Waals surface area contributed by atoms with E-state index in [1.807, 2.05) is 26.2 Å². The summed E-state index contributed by atoms with van der Waals surface area (Å²) < 4.78 is 10.6. The topological polar surface area (TPSA) is 83.8 Å². The predicted molar refractivity (Wildman–Crippen MR) is 114 cm³/mol. The number of ether oxygens (including phenoxy) is 1. The van der Waals surface area contributed by atoms with Crippen LogP contribution in [0.4, 0.5) is 5.69 Å². The second-order valence-electron chi connectivity index (χ2n) is 7.08.